The molecule has 2 aromatic carbocycles. The van der Waals surface area contributed by atoms with Crippen LogP contribution in [0.5, 0.6) is 0 Å². The lowest BCUT2D eigenvalue weighted by Gasteiger charge is -2.27. The van der Waals surface area contributed by atoms with Crippen LogP contribution in [0.15, 0.2) is 77.4 Å². The first-order valence-electron chi connectivity index (χ1n) is 13.3. The molecule has 1 heterocycles. The van der Waals surface area contributed by atoms with Gasteiger partial charge in [0.25, 0.3) is 5.91 Å². The van der Waals surface area contributed by atoms with Crippen LogP contribution >= 0.6 is 0 Å². The van der Waals surface area contributed by atoms with E-state index in [0.29, 0.717) is 25.2 Å². The first kappa shape index (κ1) is 27.3. The van der Waals surface area contributed by atoms with Crippen molar-refractivity contribution < 1.29 is 14.0 Å². The van der Waals surface area contributed by atoms with Crippen LogP contribution in [0.1, 0.15) is 73.2 Å². The van der Waals surface area contributed by atoms with Crippen molar-refractivity contribution in [2.75, 3.05) is 19.6 Å². The maximum absolute atomic E-state index is 13.4. The van der Waals surface area contributed by atoms with Gasteiger partial charge in [-0.05, 0) is 61.1 Å². The highest BCUT2D eigenvalue weighted by Crippen LogP contribution is 2.14. The summed E-state index contributed by atoms with van der Waals surface area (Å²) in [6, 6.07) is 21.7. The van der Waals surface area contributed by atoms with E-state index < -0.39 is 0 Å². The second-order valence-electron chi connectivity index (χ2n) is 9.36. The molecule has 192 valence electrons. The minimum atomic E-state index is -0.0938. The van der Waals surface area contributed by atoms with Gasteiger partial charge in [-0.2, -0.15) is 0 Å². The van der Waals surface area contributed by atoms with Crippen molar-refractivity contribution >= 4 is 11.8 Å². The van der Waals surface area contributed by atoms with Crippen LogP contribution < -0.4 is 0 Å². The van der Waals surface area contributed by atoms with Crippen LogP contribution in [-0.4, -0.2) is 41.2 Å². The van der Waals surface area contributed by atoms with Crippen molar-refractivity contribution in [3.05, 3.63) is 95.4 Å². The van der Waals surface area contributed by atoms with Crippen LogP contribution in [0, 0.1) is 0 Å². The fourth-order valence-electron chi connectivity index (χ4n) is 4.33. The molecule has 0 atom stereocenters. The maximum atomic E-state index is 13.4. The molecule has 3 aromatic rings. The molecular weight excluding hydrogens is 448 g/mol. The van der Waals surface area contributed by atoms with Gasteiger partial charge in [-0.25, -0.2) is 0 Å². The van der Waals surface area contributed by atoms with E-state index in [9.17, 15) is 9.59 Å². The van der Waals surface area contributed by atoms with Gasteiger partial charge in [0.15, 0.2) is 0 Å². The molecule has 0 bridgehead atoms. The van der Waals surface area contributed by atoms with Crippen LogP contribution in [0.4, 0.5) is 0 Å². The summed E-state index contributed by atoms with van der Waals surface area (Å²) in [4.78, 5) is 30.2. The van der Waals surface area contributed by atoms with Gasteiger partial charge in [-0.15, -0.1) is 0 Å². The third kappa shape index (κ3) is 8.71. The molecule has 0 radical (unpaired) electrons. The highest BCUT2D eigenvalue weighted by atomic mass is 16.3. The van der Waals surface area contributed by atoms with Crippen molar-refractivity contribution in [3.8, 4) is 0 Å². The Hall–Kier alpha value is -3.34. The molecule has 0 saturated carbocycles. The number of rotatable bonds is 15. The maximum Gasteiger partial charge on any atom is 0.254 e. The lowest BCUT2D eigenvalue weighted by molar-refractivity contribution is -0.132. The zero-order valence-electron chi connectivity index (χ0n) is 21.8. The molecule has 0 aliphatic carbocycles. The van der Waals surface area contributed by atoms with Crippen LogP contribution in [0.2, 0.25) is 0 Å². The number of carbonyl (C=O) groups is 2. The van der Waals surface area contributed by atoms with E-state index in [-0.39, 0.29) is 18.4 Å². The molecule has 2 amide bonds. The molecule has 0 spiro atoms. The summed E-state index contributed by atoms with van der Waals surface area (Å²) in [6.45, 7) is 5.79. The smallest absolute Gasteiger partial charge is 0.254 e. The first-order valence-corrected chi connectivity index (χ1v) is 13.3. The standard InChI is InChI=1S/C31H40N2O3/c1-3-5-6-8-14-27-16-18-28(19-17-27)31(35)33(21-4-2)25-30(34)32(24-29-15-11-23-36-29)22-20-26-12-9-7-10-13-26/h7,9-13,15-19,23H,3-6,8,14,20-22,24-25H2,1-2H3. The molecule has 5 nitrogen and oxygen atoms in total. The summed E-state index contributed by atoms with van der Waals surface area (Å²) in [5, 5.41) is 0. The molecule has 0 aliphatic heterocycles. The highest BCUT2D eigenvalue weighted by molar-refractivity contribution is 5.96. The van der Waals surface area contributed by atoms with Gasteiger partial charge in [0.05, 0.1) is 12.8 Å². The van der Waals surface area contributed by atoms with Crippen LogP contribution in [0.25, 0.3) is 0 Å². The molecular formula is C31H40N2O3. The van der Waals surface area contributed by atoms with Gasteiger partial charge in [0.2, 0.25) is 5.91 Å². The highest BCUT2D eigenvalue weighted by Gasteiger charge is 2.22. The molecule has 0 aliphatic rings. The van der Waals surface area contributed by atoms with E-state index >= 15 is 0 Å². The number of benzene rings is 2. The van der Waals surface area contributed by atoms with Crippen molar-refractivity contribution in [2.24, 2.45) is 0 Å². The fourth-order valence-corrected chi connectivity index (χ4v) is 4.33. The summed E-state index contributed by atoms with van der Waals surface area (Å²) < 4.78 is 5.51. The Labute approximate surface area is 216 Å². The van der Waals surface area contributed by atoms with Crippen molar-refractivity contribution in [1.29, 1.82) is 0 Å². The second-order valence-corrected chi connectivity index (χ2v) is 9.36. The predicted octanol–water partition coefficient (Wildman–Crippen LogP) is 6.53. The first-order chi connectivity index (χ1) is 17.6. The van der Waals surface area contributed by atoms with E-state index in [1.165, 1.54) is 36.8 Å². The van der Waals surface area contributed by atoms with Gasteiger partial charge >= 0.3 is 0 Å². The van der Waals surface area contributed by atoms with E-state index in [2.05, 4.69) is 19.1 Å². The fraction of sp³-hybridized carbons (Fsp3) is 0.419. The average molecular weight is 489 g/mol. The number of hydrogen-bond donors (Lipinski definition) is 0. The Bertz CT molecular complexity index is 1030. The second kappa shape index (κ2) is 14.9. The van der Waals surface area contributed by atoms with Crippen LogP contribution in [-0.2, 0) is 24.2 Å². The van der Waals surface area contributed by atoms with Crippen LogP contribution in [0.3, 0.4) is 0 Å². The molecule has 1 aromatic heterocycles. The number of amides is 2. The molecule has 5 heteroatoms. The third-order valence-corrected chi connectivity index (χ3v) is 6.42. The third-order valence-electron chi connectivity index (χ3n) is 6.42. The quantitative estimate of drug-likeness (QED) is 0.229. The van der Waals surface area contributed by atoms with Gasteiger partial charge in [0, 0.05) is 18.7 Å². The van der Waals surface area contributed by atoms with Gasteiger partial charge in [-0.3, -0.25) is 9.59 Å². The Balaban J connectivity index is 1.65. The summed E-state index contributed by atoms with van der Waals surface area (Å²) in [6.07, 6.45) is 9.09. The Morgan fingerprint density at radius 3 is 2.14 bits per heavy atom. The summed E-state index contributed by atoms with van der Waals surface area (Å²) >= 11 is 0. The van der Waals surface area contributed by atoms with Crippen molar-refractivity contribution in [2.45, 2.75) is 65.3 Å². The lowest BCUT2D eigenvalue weighted by atomic mass is 10.0. The monoisotopic (exact) mass is 488 g/mol. The van der Waals surface area contributed by atoms with Crippen molar-refractivity contribution in [3.63, 3.8) is 0 Å². The number of carbonyl (C=O) groups excluding carboxylic acids is 2. The van der Waals surface area contributed by atoms with E-state index in [0.717, 1.165) is 25.0 Å². The van der Waals surface area contributed by atoms with E-state index in [4.69, 9.17) is 4.42 Å². The van der Waals surface area contributed by atoms with E-state index in [1.807, 2.05) is 61.5 Å². The Kier molecular flexibility index (Phi) is 11.3. The number of aryl methyl sites for hydroxylation is 1. The zero-order chi connectivity index (χ0) is 25.6. The number of furan rings is 1. The summed E-state index contributed by atoms with van der Waals surface area (Å²) in [7, 11) is 0. The normalized spacial score (nSPS) is 10.8. The number of hydrogen-bond acceptors (Lipinski definition) is 3. The van der Waals surface area contributed by atoms with Gasteiger partial charge in [-0.1, -0.05) is 75.6 Å². The number of unbranched alkanes of at least 4 members (excludes halogenated alkanes) is 3. The van der Waals surface area contributed by atoms with Gasteiger partial charge in [0.1, 0.15) is 12.3 Å². The predicted molar refractivity (Wildman–Crippen MR) is 145 cm³/mol. The van der Waals surface area contributed by atoms with E-state index in [1.54, 1.807) is 16.1 Å². The molecule has 36 heavy (non-hydrogen) atoms. The minimum Gasteiger partial charge on any atom is -0.467 e. The Morgan fingerprint density at radius 2 is 1.47 bits per heavy atom. The van der Waals surface area contributed by atoms with Crippen molar-refractivity contribution in [1.82, 2.24) is 9.80 Å². The van der Waals surface area contributed by atoms with Gasteiger partial charge < -0.3 is 14.2 Å². The summed E-state index contributed by atoms with van der Waals surface area (Å²) in [5.41, 5.74) is 3.06. The molecule has 0 saturated heterocycles. The largest absolute Gasteiger partial charge is 0.467 e. The molecule has 3 rings (SSSR count). The SMILES string of the molecule is CCCCCCc1ccc(C(=O)N(CCC)CC(=O)N(CCc2ccccc2)Cc2ccco2)cc1. The average Bonchev–Trinajstić information content (AvgIpc) is 3.42. The molecule has 0 unspecified atom stereocenters. The minimum absolute atomic E-state index is 0.0565. The number of nitrogens with zero attached hydrogens (tertiary/aromatic N) is 2. The summed E-state index contributed by atoms with van der Waals surface area (Å²) in [5.74, 6) is 0.569. The topological polar surface area (TPSA) is 53.8 Å². The molecule has 0 N–H and O–H groups in total. The molecule has 0 fully saturated rings. The Morgan fingerprint density at radius 1 is 0.722 bits per heavy atom. The zero-order valence-corrected chi connectivity index (χ0v) is 21.8. The lowest BCUT2D eigenvalue weighted by Crippen LogP contribution is -2.43.